The summed E-state index contributed by atoms with van der Waals surface area (Å²) in [5.41, 5.74) is 2.40. The average molecular weight is 380 g/mol. The van der Waals surface area contributed by atoms with E-state index in [1.54, 1.807) is 12.1 Å². The van der Waals surface area contributed by atoms with Gasteiger partial charge in [0.25, 0.3) is 0 Å². The van der Waals surface area contributed by atoms with Gasteiger partial charge in [0.2, 0.25) is 5.91 Å². The fourth-order valence-corrected chi connectivity index (χ4v) is 3.32. The Morgan fingerprint density at radius 1 is 1.22 bits per heavy atom. The highest BCUT2D eigenvalue weighted by molar-refractivity contribution is 5.89. The van der Waals surface area contributed by atoms with Crippen LogP contribution in [-0.2, 0) is 4.79 Å². The van der Waals surface area contributed by atoms with Crippen molar-refractivity contribution in [3.63, 3.8) is 0 Å². The number of nitrogens with zero attached hydrogens (tertiary/aromatic N) is 1. The lowest BCUT2D eigenvalue weighted by Gasteiger charge is -2.29. The zero-order chi connectivity index (χ0) is 19.4. The van der Waals surface area contributed by atoms with Crippen LogP contribution < -0.4 is 10.2 Å². The van der Waals surface area contributed by atoms with Crippen LogP contribution in [0.4, 0.5) is 13.2 Å². The number of amides is 1. The Bertz CT molecular complexity index is 807. The number of rotatable bonds is 7. The van der Waals surface area contributed by atoms with Gasteiger partial charge in [0.15, 0.2) is 0 Å². The average Bonchev–Trinajstić information content (AvgIpc) is 3.03. The van der Waals surface area contributed by atoms with Crippen molar-refractivity contribution in [2.45, 2.75) is 44.8 Å². The summed E-state index contributed by atoms with van der Waals surface area (Å²) in [6.45, 7) is 2.65. The van der Waals surface area contributed by atoms with E-state index in [0.29, 0.717) is 17.7 Å². The van der Waals surface area contributed by atoms with E-state index in [-0.39, 0.29) is 18.5 Å². The predicted molar refractivity (Wildman–Crippen MR) is 97.2 cm³/mol. The Kier molecular flexibility index (Phi) is 5.89. The molecule has 1 atom stereocenters. The molecule has 27 heavy (non-hydrogen) atoms. The molecule has 7 heteroatoms. The summed E-state index contributed by atoms with van der Waals surface area (Å²) in [5, 5.41) is 2.43. The molecule has 1 heterocycles. The third-order valence-corrected chi connectivity index (χ3v) is 4.66. The van der Waals surface area contributed by atoms with E-state index in [1.165, 1.54) is 12.1 Å². The molecule has 1 aliphatic heterocycles. The third kappa shape index (κ3) is 4.53. The van der Waals surface area contributed by atoms with Gasteiger partial charge in [0.1, 0.15) is 11.8 Å². The van der Waals surface area contributed by atoms with Gasteiger partial charge in [0, 0.05) is 18.4 Å². The molecule has 0 radical (unpaired) electrons. The molecule has 1 N–H and O–H groups in total. The van der Waals surface area contributed by atoms with Crippen LogP contribution in [-0.4, -0.2) is 30.2 Å². The highest BCUT2D eigenvalue weighted by Crippen LogP contribution is 2.40. The van der Waals surface area contributed by atoms with Gasteiger partial charge in [-0.15, -0.1) is 0 Å². The molecule has 0 saturated carbocycles. The van der Waals surface area contributed by atoms with Gasteiger partial charge in [-0.25, -0.2) is 5.01 Å². The molecule has 4 nitrogen and oxygen atoms in total. The minimum atomic E-state index is -4.51. The van der Waals surface area contributed by atoms with Gasteiger partial charge in [-0.3, -0.25) is 10.2 Å². The lowest BCUT2D eigenvalue weighted by Crippen LogP contribution is -2.43. The van der Waals surface area contributed by atoms with Crippen LogP contribution in [0.1, 0.15) is 44.2 Å². The molecule has 1 saturated heterocycles. The van der Waals surface area contributed by atoms with Crippen molar-refractivity contribution < 1.29 is 22.7 Å². The minimum Gasteiger partial charge on any atom is -0.493 e. The van der Waals surface area contributed by atoms with E-state index < -0.39 is 18.1 Å². The molecule has 146 valence electrons. The van der Waals surface area contributed by atoms with E-state index in [0.717, 1.165) is 29.7 Å². The topological polar surface area (TPSA) is 41.6 Å². The highest BCUT2D eigenvalue weighted by Gasteiger charge is 2.47. The number of hydrazine groups is 1. The van der Waals surface area contributed by atoms with E-state index in [1.807, 2.05) is 12.1 Å². The van der Waals surface area contributed by atoms with Crippen molar-refractivity contribution in [3.05, 3.63) is 42.0 Å². The van der Waals surface area contributed by atoms with Crippen LogP contribution in [0.2, 0.25) is 0 Å². The quantitative estimate of drug-likeness (QED) is 0.705. The van der Waals surface area contributed by atoms with Crippen molar-refractivity contribution in [1.29, 1.82) is 0 Å². The maximum atomic E-state index is 13.7. The molecular weight excluding hydrogens is 357 g/mol. The summed E-state index contributed by atoms with van der Waals surface area (Å²) < 4.78 is 47.1. The van der Waals surface area contributed by atoms with Crippen LogP contribution >= 0.6 is 0 Å². The van der Waals surface area contributed by atoms with Crippen LogP contribution in [0, 0.1) is 0 Å². The van der Waals surface area contributed by atoms with Crippen molar-refractivity contribution in [1.82, 2.24) is 10.4 Å². The second-order valence-electron chi connectivity index (χ2n) is 6.71. The second kappa shape index (κ2) is 8.17. The zero-order valence-corrected chi connectivity index (χ0v) is 15.2. The Hall–Kier alpha value is -2.28. The molecule has 0 bridgehead atoms. The molecular formula is C20H23F3N2O2. The van der Waals surface area contributed by atoms with Gasteiger partial charge in [-0.1, -0.05) is 44.0 Å². The van der Waals surface area contributed by atoms with Crippen LogP contribution in [0.15, 0.2) is 36.4 Å². The second-order valence-corrected chi connectivity index (χ2v) is 6.71. The third-order valence-electron chi connectivity index (χ3n) is 4.66. The monoisotopic (exact) mass is 380 g/mol. The zero-order valence-electron chi connectivity index (χ0n) is 15.2. The Balaban J connectivity index is 1.94. The summed E-state index contributed by atoms with van der Waals surface area (Å²) in [7, 11) is 0. The number of hydrogen-bond acceptors (Lipinski definition) is 3. The lowest BCUT2D eigenvalue weighted by molar-refractivity contribution is -0.191. The van der Waals surface area contributed by atoms with E-state index in [4.69, 9.17) is 4.74 Å². The molecule has 0 aliphatic carbocycles. The summed E-state index contributed by atoms with van der Waals surface area (Å²) in [4.78, 5) is 11.4. The lowest BCUT2D eigenvalue weighted by atomic mass is 10.0. The molecule has 0 aromatic heterocycles. The molecule has 0 spiro atoms. The van der Waals surface area contributed by atoms with Crippen molar-refractivity contribution in [2.24, 2.45) is 0 Å². The molecule has 1 aliphatic rings. The largest absolute Gasteiger partial charge is 0.493 e. The van der Waals surface area contributed by atoms with Gasteiger partial charge in [-0.2, -0.15) is 13.2 Å². The smallest absolute Gasteiger partial charge is 0.409 e. The molecule has 2 aromatic rings. The molecule has 0 unspecified atom stereocenters. The van der Waals surface area contributed by atoms with Crippen LogP contribution in [0.25, 0.3) is 10.8 Å². The van der Waals surface area contributed by atoms with Crippen molar-refractivity contribution >= 4 is 16.7 Å². The van der Waals surface area contributed by atoms with Gasteiger partial charge >= 0.3 is 6.18 Å². The van der Waals surface area contributed by atoms with E-state index >= 15 is 0 Å². The van der Waals surface area contributed by atoms with Crippen molar-refractivity contribution in [3.8, 4) is 5.75 Å². The number of fused-ring (bicyclic) bond motifs is 1. The first-order chi connectivity index (χ1) is 12.9. The Morgan fingerprint density at radius 3 is 2.70 bits per heavy atom. The fourth-order valence-electron chi connectivity index (χ4n) is 3.32. The summed E-state index contributed by atoms with van der Waals surface area (Å²) in [6.07, 6.45) is -1.44. The van der Waals surface area contributed by atoms with E-state index in [9.17, 15) is 18.0 Å². The maximum Gasteiger partial charge on any atom is 0.409 e. The first-order valence-corrected chi connectivity index (χ1v) is 9.18. The Morgan fingerprint density at radius 2 is 2.04 bits per heavy atom. The molecule has 1 amide bonds. The fraction of sp³-hybridized carbons (Fsp3) is 0.450. The summed E-state index contributed by atoms with van der Waals surface area (Å²) in [6, 6.07) is 8.22. The standard InChI is InChI=1S/C20H23F3N2O2/c1-2-3-4-12-27-17-7-5-6-14-8-9-15(13-16(14)17)19(20(21,22)23)25-11-10-18(26)24-25/h5-9,13,19H,2-4,10-12H2,1H3,(H,24,26)/t19-/m0/s1. The van der Waals surface area contributed by atoms with Gasteiger partial charge < -0.3 is 4.74 Å². The van der Waals surface area contributed by atoms with Gasteiger partial charge in [0.05, 0.1) is 6.61 Å². The normalized spacial score (nSPS) is 16.5. The number of halogens is 3. The van der Waals surface area contributed by atoms with Crippen LogP contribution in [0.3, 0.4) is 0 Å². The number of carbonyl (C=O) groups is 1. The number of alkyl halides is 3. The first-order valence-electron chi connectivity index (χ1n) is 9.18. The number of nitrogens with one attached hydrogen (secondary N) is 1. The highest BCUT2D eigenvalue weighted by atomic mass is 19.4. The molecule has 3 rings (SSSR count). The number of unbranched alkanes of at least 4 members (excludes halogenated alkanes) is 2. The number of hydrogen-bond donors (Lipinski definition) is 1. The molecule has 1 fully saturated rings. The van der Waals surface area contributed by atoms with Crippen LogP contribution in [0.5, 0.6) is 5.75 Å². The number of carbonyl (C=O) groups excluding carboxylic acids is 1. The Labute approximate surface area is 156 Å². The summed E-state index contributed by atoms with van der Waals surface area (Å²) in [5.74, 6) is 0.182. The van der Waals surface area contributed by atoms with Crippen molar-refractivity contribution in [2.75, 3.05) is 13.2 Å². The predicted octanol–water partition coefficient (Wildman–Crippen LogP) is 4.75. The summed E-state index contributed by atoms with van der Waals surface area (Å²) >= 11 is 0. The van der Waals surface area contributed by atoms with E-state index in [2.05, 4.69) is 12.3 Å². The SMILES string of the molecule is CCCCCOc1cccc2ccc([C@H](N3CCC(=O)N3)C(F)(F)F)cc12. The maximum absolute atomic E-state index is 13.7. The van der Waals surface area contributed by atoms with Gasteiger partial charge in [-0.05, 0) is 29.5 Å². The molecule has 2 aromatic carbocycles. The first kappa shape index (κ1) is 19.5. The number of benzene rings is 2. The minimum absolute atomic E-state index is 0.0240. The number of ether oxygens (including phenoxy) is 1.